The molecule has 0 aliphatic heterocycles. The molecule has 10 heteroatoms. The summed E-state index contributed by atoms with van der Waals surface area (Å²) >= 11 is 0. The molecule has 0 saturated heterocycles. The van der Waals surface area contributed by atoms with Gasteiger partial charge in [-0.15, -0.1) is 0 Å². The van der Waals surface area contributed by atoms with Crippen molar-refractivity contribution >= 4 is 34.4 Å². The fourth-order valence-electron chi connectivity index (χ4n) is 3.87. The number of nitrogens with two attached hydrogens (primary N) is 1. The highest BCUT2D eigenvalue weighted by Gasteiger charge is 2.20. The minimum absolute atomic E-state index is 0.126. The van der Waals surface area contributed by atoms with Crippen molar-refractivity contribution in [2.45, 2.75) is 25.8 Å². The Morgan fingerprint density at radius 3 is 2.50 bits per heavy atom. The van der Waals surface area contributed by atoms with Gasteiger partial charge in [-0.05, 0) is 37.5 Å². The third-order valence-electron chi connectivity index (χ3n) is 5.65. The first kappa shape index (κ1) is 26.1. The summed E-state index contributed by atoms with van der Waals surface area (Å²) in [5, 5.41) is 15.1. The summed E-state index contributed by atoms with van der Waals surface area (Å²) in [6.45, 7) is 1.94. The molecular formula is C26H29N3O7. The molecule has 190 valence electrons. The van der Waals surface area contributed by atoms with Crippen LogP contribution >= 0.6 is 0 Å². The molecule has 0 fully saturated rings. The number of rotatable bonds is 11. The second-order valence-electron chi connectivity index (χ2n) is 8.06. The van der Waals surface area contributed by atoms with Crippen molar-refractivity contribution in [3.63, 3.8) is 0 Å². The molecule has 0 aliphatic rings. The van der Waals surface area contributed by atoms with Gasteiger partial charge in [0.2, 0.25) is 5.91 Å². The van der Waals surface area contributed by atoms with Gasteiger partial charge in [-0.2, -0.15) is 0 Å². The highest BCUT2D eigenvalue weighted by atomic mass is 16.5. The Morgan fingerprint density at radius 2 is 1.83 bits per heavy atom. The summed E-state index contributed by atoms with van der Waals surface area (Å²) < 4.78 is 16.8. The molecule has 0 radical (unpaired) electrons. The van der Waals surface area contributed by atoms with E-state index in [1.54, 1.807) is 26.4 Å². The Kier molecular flexibility index (Phi) is 8.56. The number of furan rings is 1. The monoisotopic (exact) mass is 495 g/mol. The number of methoxy groups -OCH3 is 2. The number of nitrogens with one attached hydrogen (secondary N) is 2. The third kappa shape index (κ3) is 6.15. The van der Waals surface area contributed by atoms with Gasteiger partial charge in [0.1, 0.15) is 23.1 Å². The number of urea groups is 1. The topological polar surface area (TPSA) is 153 Å². The van der Waals surface area contributed by atoms with E-state index >= 15 is 0 Å². The Labute approximate surface area is 208 Å². The number of hydrogen-bond acceptors (Lipinski definition) is 6. The lowest BCUT2D eigenvalue weighted by atomic mass is 9.98. The zero-order valence-electron chi connectivity index (χ0n) is 20.3. The maximum atomic E-state index is 12.7. The van der Waals surface area contributed by atoms with Crippen molar-refractivity contribution < 1.29 is 33.4 Å². The lowest BCUT2D eigenvalue weighted by Crippen LogP contribution is -2.40. The first-order valence-corrected chi connectivity index (χ1v) is 11.2. The van der Waals surface area contributed by atoms with Crippen molar-refractivity contribution in [3.8, 4) is 22.6 Å². The van der Waals surface area contributed by atoms with E-state index in [0.717, 1.165) is 16.5 Å². The van der Waals surface area contributed by atoms with Gasteiger partial charge < -0.3 is 35.4 Å². The van der Waals surface area contributed by atoms with E-state index in [-0.39, 0.29) is 13.0 Å². The number of allylic oxidation sites excluding steroid dienone is 1. The zero-order chi connectivity index (χ0) is 26.2. The first-order chi connectivity index (χ1) is 17.2. The molecule has 10 nitrogen and oxygen atoms in total. The van der Waals surface area contributed by atoms with Crippen molar-refractivity contribution in [3.05, 3.63) is 54.3 Å². The van der Waals surface area contributed by atoms with Crippen LogP contribution in [0.2, 0.25) is 0 Å². The molecule has 1 unspecified atom stereocenters. The maximum Gasteiger partial charge on any atom is 0.326 e. The van der Waals surface area contributed by atoms with E-state index in [1.165, 1.54) is 13.2 Å². The van der Waals surface area contributed by atoms with Crippen LogP contribution in [0.4, 0.5) is 4.79 Å². The Balaban J connectivity index is 1.88. The number of carboxylic acid groups (broad SMARTS) is 1. The van der Waals surface area contributed by atoms with Crippen LogP contribution in [-0.4, -0.2) is 49.8 Å². The molecule has 2 aromatic carbocycles. The summed E-state index contributed by atoms with van der Waals surface area (Å²) in [5.41, 5.74) is 8.49. The van der Waals surface area contributed by atoms with E-state index < -0.39 is 23.9 Å². The van der Waals surface area contributed by atoms with Crippen molar-refractivity contribution in [1.29, 1.82) is 0 Å². The molecule has 1 aromatic heterocycles. The molecule has 0 bridgehead atoms. The van der Waals surface area contributed by atoms with E-state index in [1.807, 2.05) is 30.3 Å². The fraction of sp³-hybridized carbons (Fsp3) is 0.269. The molecule has 1 atom stereocenters. The summed E-state index contributed by atoms with van der Waals surface area (Å²) in [6, 6.07) is 9.36. The number of carbonyl (C=O) groups is 3. The van der Waals surface area contributed by atoms with E-state index in [0.29, 0.717) is 34.6 Å². The van der Waals surface area contributed by atoms with Gasteiger partial charge in [-0.1, -0.05) is 18.2 Å². The summed E-state index contributed by atoms with van der Waals surface area (Å²) in [5.74, 6) is -0.554. The quantitative estimate of drug-likeness (QED) is 0.234. The minimum atomic E-state index is -1.17. The van der Waals surface area contributed by atoms with Gasteiger partial charge in [-0.25, -0.2) is 9.59 Å². The molecule has 3 rings (SSSR count). The highest BCUT2D eigenvalue weighted by Crippen LogP contribution is 2.40. The van der Waals surface area contributed by atoms with E-state index in [2.05, 4.69) is 10.6 Å². The van der Waals surface area contributed by atoms with Gasteiger partial charge in [-0.3, -0.25) is 4.79 Å². The van der Waals surface area contributed by atoms with Gasteiger partial charge in [0.25, 0.3) is 0 Å². The Hall–Kier alpha value is -4.47. The smallest absolute Gasteiger partial charge is 0.326 e. The van der Waals surface area contributed by atoms with Crippen LogP contribution in [0.25, 0.3) is 27.7 Å². The lowest BCUT2D eigenvalue weighted by molar-refractivity contribution is -0.141. The van der Waals surface area contributed by atoms with Crippen LogP contribution in [0.3, 0.4) is 0 Å². The Morgan fingerprint density at radius 1 is 1.11 bits per heavy atom. The predicted molar refractivity (Wildman–Crippen MR) is 135 cm³/mol. The average Bonchev–Trinajstić information content (AvgIpc) is 3.27. The van der Waals surface area contributed by atoms with Crippen molar-refractivity contribution in [2.24, 2.45) is 5.73 Å². The minimum Gasteiger partial charge on any atom is -0.496 e. The van der Waals surface area contributed by atoms with Gasteiger partial charge in [0.05, 0.1) is 20.5 Å². The van der Waals surface area contributed by atoms with Crippen LogP contribution in [0.1, 0.15) is 25.3 Å². The number of benzene rings is 2. The summed E-state index contributed by atoms with van der Waals surface area (Å²) in [6.07, 6.45) is 3.42. The maximum absolute atomic E-state index is 12.7. The molecule has 1 heterocycles. The zero-order valence-corrected chi connectivity index (χ0v) is 20.3. The Bertz CT molecular complexity index is 1300. The number of hydrogen-bond donors (Lipinski definition) is 4. The van der Waals surface area contributed by atoms with Gasteiger partial charge in [0, 0.05) is 40.8 Å². The molecule has 3 aromatic rings. The van der Waals surface area contributed by atoms with Crippen LogP contribution in [0.5, 0.6) is 11.5 Å². The number of carbonyl (C=O) groups excluding carboxylic acids is 2. The highest BCUT2D eigenvalue weighted by molar-refractivity contribution is 6.01. The second kappa shape index (κ2) is 11.8. The molecule has 5 N–H and O–H groups in total. The molecule has 0 aliphatic carbocycles. The number of amides is 3. The number of aliphatic carboxylic acids is 1. The molecule has 0 saturated carbocycles. The lowest BCUT2D eigenvalue weighted by Gasteiger charge is -2.14. The normalized spacial score (nSPS) is 12.1. The fourth-order valence-corrected chi connectivity index (χ4v) is 3.87. The predicted octanol–water partition coefficient (Wildman–Crippen LogP) is 3.54. The second-order valence-corrected chi connectivity index (χ2v) is 8.06. The number of fused-ring (bicyclic) bond motifs is 1. The molecular weight excluding hydrogens is 466 g/mol. The summed E-state index contributed by atoms with van der Waals surface area (Å²) in [4.78, 5) is 35.0. The number of primary amides is 1. The largest absolute Gasteiger partial charge is 0.496 e. The van der Waals surface area contributed by atoms with Crippen LogP contribution in [0.15, 0.2) is 53.2 Å². The van der Waals surface area contributed by atoms with Crippen LogP contribution < -0.4 is 25.8 Å². The molecule has 36 heavy (non-hydrogen) atoms. The van der Waals surface area contributed by atoms with E-state index in [9.17, 15) is 19.5 Å². The summed E-state index contributed by atoms with van der Waals surface area (Å²) in [7, 11) is 3.11. The van der Waals surface area contributed by atoms with Crippen molar-refractivity contribution in [2.75, 3.05) is 20.8 Å². The van der Waals surface area contributed by atoms with Gasteiger partial charge >= 0.3 is 12.0 Å². The number of para-hydroxylation sites is 1. The van der Waals surface area contributed by atoms with Gasteiger partial charge in [0.15, 0.2) is 0 Å². The number of ether oxygens (including phenoxy) is 2. The molecule has 0 spiro atoms. The van der Waals surface area contributed by atoms with Crippen LogP contribution in [0, 0.1) is 0 Å². The first-order valence-electron chi connectivity index (χ1n) is 11.2. The number of carboxylic acids is 1. The average molecular weight is 496 g/mol. The van der Waals surface area contributed by atoms with Crippen LogP contribution in [-0.2, 0) is 9.59 Å². The van der Waals surface area contributed by atoms with E-state index in [4.69, 9.17) is 19.6 Å². The standard InChI is InChI=1S/C26H29N3O7/c1-15(11-24(30)29-20(25(31)32)8-6-10-28-26(27)33)17-12-18-19(14-36-23(18)13-22(17)35-3)16-7-4-5-9-21(16)34-2/h4-5,7,9,11-14,20H,6,8,10H2,1-3H3,(H,29,30)(H,31,32)(H3,27,28,33)/b15-11+. The third-order valence-corrected chi connectivity index (χ3v) is 5.65. The SMILES string of the molecule is COc1cc2occ(-c3ccccc3OC)c2cc1/C(C)=C/C(=O)NC(CCCNC(N)=O)C(=O)O. The molecule has 3 amide bonds. The van der Waals surface area contributed by atoms with Crippen molar-refractivity contribution in [1.82, 2.24) is 10.6 Å².